The van der Waals surface area contributed by atoms with Gasteiger partial charge in [0.15, 0.2) is 0 Å². The Bertz CT molecular complexity index is 343. The lowest BCUT2D eigenvalue weighted by molar-refractivity contribution is -0.0124. The molecule has 0 unspecified atom stereocenters. The van der Waals surface area contributed by atoms with Crippen LogP contribution in [0.4, 0.5) is 0 Å². The second-order valence-corrected chi connectivity index (χ2v) is 4.55. The average molecular weight is 236 g/mol. The van der Waals surface area contributed by atoms with Gasteiger partial charge in [0.2, 0.25) is 0 Å². The molecule has 0 aliphatic heterocycles. The minimum atomic E-state index is -0.124. The van der Waals surface area contributed by atoms with E-state index in [1.54, 1.807) is 7.11 Å². The molecule has 0 bridgehead atoms. The predicted octanol–water partition coefficient (Wildman–Crippen LogP) is 2.52. The van der Waals surface area contributed by atoms with E-state index in [0.717, 1.165) is 37.0 Å². The summed E-state index contributed by atoms with van der Waals surface area (Å²) in [5, 5.41) is 9.42. The molecule has 1 fully saturated rings. The molecule has 17 heavy (non-hydrogen) atoms. The van der Waals surface area contributed by atoms with Gasteiger partial charge in [-0.2, -0.15) is 0 Å². The standard InChI is InChI=1S/C14H20O3/c1-16-14-5-3-2-4-11(14)10-17-13-8-6-12(15)7-9-13/h2-5,12-13,15H,6-10H2,1H3. The van der Waals surface area contributed by atoms with Crippen LogP contribution in [0.3, 0.4) is 0 Å². The summed E-state index contributed by atoms with van der Waals surface area (Å²) >= 11 is 0. The quantitative estimate of drug-likeness (QED) is 0.873. The normalized spacial score (nSPS) is 24.6. The van der Waals surface area contributed by atoms with Gasteiger partial charge in [0, 0.05) is 5.56 Å². The van der Waals surface area contributed by atoms with Crippen molar-refractivity contribution in [2.75, 3.05) is 7.11 Å². The zero-order chi connectivity index (χ0) is 12.1. The molecule has 3 nitrogen and oxygen atoms in total. The van der Waals surface area contributed by atoms with Crippen molar-refractivity contribution in [2.24, 2.45) is 0 Å². The SMILES string of the molecule is COc1ccccc1COC1CCC(O)CC1. The topological polar surface area (TPSA) is 38.7 Å². The van der Waals surface area contributed by atoms with E-state index < -0.39 is 0 Å². The van der Waals surface area contributed by atoms with Gasteiger partial charge in [-0.25, -0.2) is 0 Å². The van der Waals surface area contributed by atoms with Crippen molar-refractivity contribution in [3.05, 3.63) is 29.8 Å². The first-order valence-corrected chi connectivity index (χ1v) is 6.21. The largest absolute Gasteiger partial charge is 0.496 e. The third kappa shape index (κ3) is 3.45. The van der Waals surface area contributed by atoms with Crippen molar-refractivity contribution in [3.63, 3.8) is 0 Å². The van der Waals surface area contributed by atoms with Gasteiger partial charge in [-0.1, -0.05) is 18.2 Å². The maximum Gasteiger partial charge on any atom is 0.124 e. The zero-order valence-electron chi connectivity index (χ0n) is 10.3. The molecule has 0 spiro atoms. The Morgan fingerprint density at radius 1 is 1.18 bits per heavy atom. The first-order chi connectivity index (χ1) is 8.29. The first kappa shape index (κ1) is 12.4. The zero-order valence-corrected chi connectivity index (χ0v) is 10.3. The van der Waals surface area contributed by atoms with Crippen LogP contribution in [0.1, 0.15) is 31.2 Å². The van der Waals surface area contributed by atoms with Gasteiger partial charge in [0.05, 0.1) is 25.9 Å². The third-order valence-corrected chi connectivity index (χ3v) is 3.31. The minimum absolute atomic E-state index is 0.124. The fourth-order valence-corrected chi connectivity index (χ4v) is 2.24. The van der Waals surface area contributed by atoms with E-state index in [9.17, 15) is 5.11 Å². The van der Waals surface area contributed by atoms with Crippen LogP contribution >= 0.6 is 0 Å². The van der Waals surface area contributed by atoms with Crippen LogP contribution in [-0.2, 0) is 11.3 Å². The highest BCUT2D eigenvalue weighted by molar-refractivity contribution is 5.32. The van der Waals surface area contributed by atoms with Gasteiger partial charge < -0.3 is 14.6 Å². The summed E-state index contributed by atoms with van der Waals surface area (Å²) in [6, 6.07) is 7.92. The number of aliphatic hydroxyl groups excluding tert-OH is 1. The molecular formula is C14H20O3. The molecule has 3 heteroatoms. The van der Waals surface area contributed by atoms with Crippen molar-refractivity contribution in [2.45, 2.75) is 44.5 Å². The molecule has 1 aromatic rings. The molecule has 1 aliphatic carbocycles. The maximum atomic E-state index is 9.42. The average Bonchev–Trinajstić information content (AvgIpc) is 2.38. The van der Waals surface area contributed by atoms with Gasteiger partial charge in [-0.05, 0) is 31.7 Å². The van der Waals surface area contributed by atoms with Crippen LogP contribution in [0.25, 0.3) is 0 Å². The smallest absolute Gasteiger partial charge is 0.124 e. The van der Waals surface area contributed by atoms with Gasteiger partial charge in [0.25, 0.3) is 0 Å². The Balaban J connectivity index is 1.85. The van der Waals surface area contributed by atoms with Crippen LogP contribution < -0.4 is 4.74 Å². The van der Waals surface area contributed by atoms with Gasteiger partial charge in [-0.3, -0.25) is 0 Å². The molecule has 0 aromatic heterocycles. The number of ether oxygens (including phenoxy) is 2. The molecule has 1 aliphatic rings. The molecule has 0 radical (unpaired) electrons. The summed E-state index contributed by atoms with van der Waals surface area (Å²) in [6.07, 6.45) is 3.78. The number of aliphatic hydroxyl groups is 1. The molecule has 1 N–H and O–H groups in total. The Labute approximate surface area is 102 Å². The number of rotatable bonds is 4. The van der Waals surface area contributed by atoms with E-state index in [2.05, 4.69) is 0 Å². The lowest BCUT2D eigenvalue weighted by Crippen LogP contribution is -2.24. The minimum Gasteiger partial charge on any atom is -0.496 e. The van der Waals surface area contributed by atoms with E-state index >= 15 is 0 Å². The van der Waals surface area contributed by atoms with E-state index in [1.807, 2.05) is 24.3 Å². The fraction of sp³-hybridized carbons (Fsp3) is 0.571. The van der Waals surface area contributed by atoms with Crippen molar-refractivity contribution in [1.82, 2.24) is 0 Å². The molecule has 1 saturated carbocycles. The van der Waals surface area contributed by atoms with Crippen LogP contribution in [0.2, 0.25) is 0 Å². The monoisotopic (exact) mass is 236 g/mol. The third-order valence-electron chi connectivity index (χ3n) is 3.31. The van der Waals surface area contributed by atoms with Crippen molar-refractivity contribution in [1.29, 1.82) is 0 Å². The fourth-order valence-electron chi connectivity index (χ4n) is 2.24. The number of hydrogen-bond acceptors (Lipinski definition) is 3. The Morgan fingerprint density at radius 3 is 2.59 bits per heavy atom. The van der Waals surface area contributed by atoms with E-state index in [-0.39, 0.29) is 12.2 Å². The van der Waals surface area contributed by atoms with E-state index in [1.165, 1.54) is 0 Å². The van der Waals surface area contributed by atoms with Crippen LogP contribution in [0.15, 0.2) is 24.3 Å². The van der Waals surface area contributed by atoms with Gasteiger partial charge in [-0.15, -0.1) is 0 Å². The molecule has 0 saturated heterocycles. The number of hydrogen-bond donors (Lipinski definition) is 1. The lowest BCUT2D eigenvalue weighted by Gasteiger charge is -2.25. The number of methoxy groups -OCH3 is 1. The summed E-state index contributed by atoms with van der Waals surface area (Å²) in [5.74, 6) is 0.878. The van der Waals surface area contributed by atoms with Crippen LogP contribution in [0.5, 0.6) is 5.75 Å². The van der Waals surface area contributed by atoms with Crippen molar-refractivity contribution < 1.29 is 14.6 Å². The summed E-state index contributed by atoms with van der Waals surface area (Å²) in [5.41, 5.74) is 1.08. The molecule has 0 amide bonds. The van der Waals surface area contributed by atoms with Gasteiger partial charge >= 0.3 is 0 Å². The molecule has 1 aromatic carbocycles. The van der Waals surface area contributed by atoms with Crippen LogP contribution in [0, 0.1) is 0 Å². The first-order valence-electron chi connectivity index (χ1n) is 6.21. The molecular weight excluding hydrogens is 216 g/mol. The summed E-state index contributed by atoms with van der Waals surface area (Å²) in [4.78, 5) is 0. The maximum absolute atomic E-state index is 9.42. The molecule has 94 valence electrons. The highest BCUT2D eigenvalue weighted by atomic mass is 16.5. The Hall–Kier alpha value is -1.06. The van der Waals surface area contributed by atoms with E-state index in [4.69, 9.17) is 9.47 Å². The highest BCUT2D eigenvalue weighted by Gasteiger charge is 2.19. The summed E-state index contributed by atoms with van der Waals surface area (Å²) < 4.78 is 11.2. The Morgan fingerprint density at radius 2 is 1.88 bits per heavy atom. The number of para-hydroxylation sites is 1. The summed E-state index contributed by atoms with van der Waals surface area (Å²) in [7, 11) is 1.68. The summed E-state index contributed by atoms with van der Waals surface area (Å²) in [6.45, 7) is 0.588. The van der Waals surface area contributed by atoms with E-state index in [0.29, 0.717) is 6.61 Å². The van der Waals surface area contributed by atoms with Gasteiger partial charge in [0.1, 0.15) is 5.75 Å². The molecule has 0 atom stereocenters. The Kier molecular flexibility index (Phi) is 4.40. The second-order valence-electron chi connectivity index (χ2n) is 4.55. The molecule has 2 rings (SSSR count). The number of benzene rings is 1. The predicted molar refractivity (Wildman–Crippen MR) is 66.0 cm³/mol. The highest BCUT2D eigenvalue weighted by Crippen LogP contribution is 2.24. The van der Waals surface area contributed by atoms with Crippen molar-refractivity contribution in [3.8, 4) is 5.75 Å². The molecule has 0 heterocycles. The van der Waals surface area contributed by atoms with Crippen LogP contribution in [-0.4, -0.2) is 24.4 Å². The lowest BCUT2D eigenvalue weighted by atomic mass is 9.95. The van der Waals surface area contributed by atoms with Crippen molar-refractivity contribution >= 4 is 0 Å². The second kappa shape index (κ2) is 6.03.